The van der Waals surface area contributed by atoms with E-state index in [0.29, 0.717) is 55.4 Å². The Balaban J connectivity index is 1.38. The van der Waals surface area contributed by atoms with Gasteiger partial charge in [-0.2, -0.15) is 0 Å². The van der Waals surface area contributed by atoms with Crippen molar-refractivity contribution in [3.8, 4) is 11.5 Å². The number of hydrogen-bond acceptors (Lipinski definition) is 7. The van der Waals surface area contributed by atoms with Crippen LogP contribution >= 0.6 is 0 Å². The van der Waals surface area contributed by atoms with E-state index < -0.39 is 0 Å². The van der Waals surface area contributed by atoms with Gasteiger partial charge in [-0.3, -0.25) is 4.79 Å². The Morgan fingerprint density at radius 1 is 1.03 bits per heavy atom. The third-order valence-corrected chi connectivity index (χ3v) is 5.24. The minimum absolute atomic E-state index is 0.0515. The number of benzene rings is 1. The number of nitrogens with zero attached hydrogens (tertiary/aromatic N) is 5. The highest BCUT2D eigenvalue weighted by molar-refractivity contribution is 5.79. The van der Waals surface area contributed by atoms with Crippen molar-refractivity contribution >= 4 is 11.9 Å². The van der Waals surface area contributed by atoms with E-state index in [1.165, 1.54) is 5.56 Å². The molecule has 8 nitrogen and oxygen atoms in total. The molecule has 1 saturated heterocycles. The van der Waals surface area contributed by atoms with Crippen LogP contribution in [0.1, 0.15) is 29.8 Å². The van der Waals surface area contributed by atoms with Crippen molar-refractivity contribution in [3.05, 3.63) is 47.2 Å². The van der Waals surface area contributed by atoms with Gasteiger partial charge in [0.25, 0.3) is 0 Å². The van der Waals surface area contributed by atoms with Crippen LogP contribution in [0.25, 0.3) is 11.5 Å². The summed E-state index contributed by atoms with van der Waals surface area (Å²) in [6.07, 6.45) is 1.23. The lowest BCUT2D eigenvalue weighted by molar-refractivity contribution is -0.130. The van der Waals surface area contributed by atoms with E-state index in [1.54, 1.807) is 6.92 Å². The zero-order valence-corrected chi connectivity index (χ0v) is 17.0. The summed E-state index contributed by atoms with van der Waals surface area (Å²) in [7, 11) is 0. The minimum Gasteiger partial charge on any atom is -0.441 e. The Morgan fingerprint density at radius 3 is 2.38 bits per heavy atom. The lowest BCUT2D eigenvalue weighted by Gasteiger charge is -2.33. The largest absolute Gasteiger partial charge is 0.441 e. The fraction of sp³-hybridized carbons (Fsp3) is 0.429. The predicted molar refractivity (Wildman–Crippen MR) is 108 cm³/mol. The first-order chi connectivity index (χ1) is 14.0. The molecule has 1 fully saturated rings. The van der Waals surface area contributed by atoms with Crippen molar-refractivity contribution in [3.63, 3.8) is 0 Å². The second kappa shape index (κ2) is 8.06. The highest BCUT2D eigenvalue weighted by Crippen LogP contribution is 2.23. The molecule has 0 spiro atoms. The molecule has 1 amide bonds. The van der Waals surface area contributed by atoms with E-state index >= 15 is 0 Å². The van der Waals surface area contributed by atoms with Crippen LogP contribution in [-0.2, 0) is 17.6 Å². The molecule has 0 bridgehead atoms. The van der Waals surface area contributed by atoms with Gasteiger partial charge in [-0.25, -0.2) is 4.98 Å². The van der Waals surface area contributed by atoms with Crippen LogP contribution in [0, 0.1) is 13.8 Å². The lowest BCUT2D eigenvalue weighted by atomic mass is 10.1. The minimum atomic E-state index is 0.0515. The number of piperazine rings is 1. The molecule has 0 radical (unpaired) electrons. The van der Waals surface area contributed by atoms with Crippen LogP contribution in [0.5, 0.6) is 0 Å². The van der Waals surface area contributed by atoms with E-state index in [0.717, 1.165) is 12.0 Å². The van der Waals surface area contributed by atoms with Gasteiger partial charge in [0.2, 0.25) is 17.7 Å². The smallest absolute Gasteiger partial charge is 0.318 e. The van der Waals surface area contributed by atoms with Crippen molar-refractivity contribution in [2.24, 2.45) is 0 Å². The molecular formula is C21H25N5O3. The predicted octanol–water partition coefficient (Wildman–Crippen LogP) is 2.80. The van der Waals surface area contributed by atoms with Crippen LogP contribution in [-0.4, -0.2) is 52.2 Å². The highest BCUT2D eigenvalue weighted by atomic mass is 16.4. The van der Waals surface area contributed by atoms with Crippen molar-refractivity contribution in [1.82, 2.24) is 20.1 Å². The standard InChI is InChI=1S/C21H25N5O3/c1-4-16-5-7-17(8-6-16)20-22-18(14(2)28-20)13-19(27)25-9-11-26(12-10-25)21-24-23-15(3)29-21/h5-8H,4,9-13H2,1-3H3. The van der Waals surface area contributed by atoms with Crippen molar-refractivity contribution < 1.29 is 13.6 Å². The number of anilines is 1. The third kappa shape index (κ3) is 4.16. The van der Waals surface area contributed by atoms with Gasteiger partial charge in [0, 0.05) is 38.7 Å². The summed E-state index contributed by atoms with van der Waals surface area (Å²) in [5, 5.41) is 7.91. The number of hydrogen-bond donors (Lipinski definition) is 0. The number of aromatic nitrogens is 3. The Kier molecular flexibility index (Phi) is 5.33. The van der Waals surface area contributed by atoms with Gasteiger partial charge in [-0.1, -0.05) is 24.2 Å². The molecular weight excluding hydrogens is 370 g/mol. The molecule has 0 unspecified atom stereocenters. The zero-order valence-electron chi connectivity index (χ0n) is 17.0. The summed E-state index contributed by atoms with van der Waals surface area (Å²) >= 11 is 0. The van der Waals surface area contributed by atoms with E-state index in [2.05, 4.69) is 34.2 Å². The molecule has 1 aliphatic rings. The topological polar surface area (TPSA) is 88.5 Å². The second-order valence-corrected chi connectivity index (χ2v) is 7.22. The number of aryl methyl sites for hydroxylation is 3. The fourth-order valence-corrected chi connectivity index (χ4v) is 3.41. The number of rotatable bonds is 5. The van der Waals surface area contributed by atoms with Crippen LogP contribution in [0.15, 0.2) is 33.1 Å². The summed E-state index contributed by atoms with van der Waals surface area (Å²) < 4.78 is 11.3. The van der Waals surface area contributed by atoms with Crippen LogP contribution in [0.4, 0.5) is 6.01 Å². The average molecular weight is 395 g/mol. The Bertz CT molecular complexity index is 984. The maximum atomic E-state index is 12.8. The molecule has 0 atom stereocenters. The maximum Gasteiger partial charge on any atom is 0.318 e. The molecule has 0 aliphatic carbocycles. The normalized spacial score (nSPS) is 14.4. The number of oxazole rings is 1. The molecule has 3 aromatic rings. The van der Waals surface area contributed by atoms with Crippen LogP contribution in [0.2, 0.25) is 0 Å². The third-order valence-electron chi connectivity index (χ3n) is 5.24. The molecule has 0 saturated carbocycles. The lowest BCUT2D eigenvalue weighted by Crippen LogP contribution is -2.49. The van der Waals surface area contributed by atoms with Gasteiger partial charge in [-0.05, 0) is 31.0 Å². The first-order valence-electron chi connectivity index (χ1n) is 9.92. The van der Waals surface area contributed by atoms with E-state index in [1.807, 2.05) is 28.9 Å². The van der Waals surface area contributed by atoms with Crippen LogP contribution < -0.4 is 4.90 Å². The molecule has 2 aromatic heterocycles. The van der Waals surface area contributed by atoms with Gasteiger partial charge in [0.15, 0.2) is 0 Å². The Morgan fingerprint density at radius 2 is 1.76 bits per heavy atom. The summed E-state index contributed by atoms with van der Waals surface area (Å²) in [5.41, 5.74) is 2.88. The van der Waals surface area contributed by atoms with Gasteiger partial charge < -0.3 is 18.6 Å². The van der Waals surface area contributed by atoms with Gasteiger partial charge in [-0.15, -0.1) is 5.10 Å². The SMILES string of the molecule is CCc1ccc(-c2nc(CC(=O)N3CCN(c4nnc(C)o4)CC3)c(C)o2)cc1. The molecule has 0 N–H and O–H groups in total. The average Bonchev–Trinajstić information content (AvgIpc) is 3.34. The van der Waals surface area contributed by atoms with Gasteiger partial charge in [0.1, 0.15) is 5.76 Å². The van der Waals surface area contributed by atoms with Crippen molar-refractivity contribution in [2.75, 3.05) is 31.1 Å². The quantitative estimate of drug-likeness (QED) is 0.656. The first-order valence-corrected chi connectivity index (χ1v) is 9.92. The first kappa shape index (κ1) is 19.2. The maximum absolute atomic E-state index is 12.8. The second-order valence-electron chi connectivity index (χ2n) is 7.22. The van der Waals surface area contributed by atoms with Gasteiger partial charge >= 0.3 is 6.01 Å². The molecule has 4 rings (SSSR count). The molecule has 1 aromatic carbocycles. The summed E-state index contributed by atoms with van der Waals surface area (Å²) in [6, 6.07) is 8.68. The summed E-state index contributed by atoms with van der Waals surface area (Å²) in [6.45, 7) is 8.31. The van der Waals surface area contributed by atoms with Crippen molar-refractivity contribution in [2.45, 2.75) is 33.6 Å². The van der Waals surface area contributed by atoms with Crippen LogP contribution in [0.3, 0.4) is 0 Å². The van der Waals surface area contributed by atoms with Crippen molar-refractivity contribution in [1.29, 1.82) is 0 Å². The van der Waals surface area contributed by atoms with E-state index in [4.69, 9.17) is 8.83 Å². The fourth-order valence-electron chi connectivity index (χ4n) is 3.41. The molecule has 3 heterocycles. The number of carbonyl (C=O) groups excluding carboxylic acids is 1. The molecule has 8 heteroatoms. The Hall–Kier alpha value is -3.16. The molecule has 1 aliphatic heterocycles. The summed E-state index contributed by atoms with van der Waals surface area (Å²) in [4.78, 5) is 21.2. The monoisotopic (exact) mass is 395 g/mol. The van der Waals surface area contributed by atoms with E-state index in [-0.39, 0.29) is 12.3 Å². The Labute approximate surface area is 169 Å². The van der Waals surface area contributed by atoms with E-state index in [9.17, 15) is 4.79 Å². The van der Waals surface area contributed by atoms with Gasteiger partial charge in [0.05, 0.1) is 12.1 Å². The number of carbonyl (C=O) groups is 1. The molecule has 152 valence electrons. The highest BCUT2D eigenvalue weighted by Gasteiger charge is 2.25. The number of amides is 1. The molecule has 29 heavy (non-hydrogen) atoms. The zero-order chi connectivity index (χ0) is 20.4. The summed E-state index contributed by atoms with van der Waals surface area (Å²) in [5.74, 6) is 1.84.